The fourth-order valence-electron chi connectivity index (χ4n) is 1.64. The lowest BCUT2D eigenvalue weighted by molar-refractivity contribution is 0.0522. The Bertz CT molecular complexity index is 543. The number of hydrogen-bond donors (Lipinski definition) is 0. The summed E-state index contributed by atoms with van der Waals surface area (Å²) in [5.74, 6) is -0.587. The van der Waals surface area contributed by atoms with Crippen LogP contribution in [0.15, 0.2) is 17.4 Å². The Morgan fingerprint density at radius 3 is 2.56 bits per heavy atom. The van der Waals surface area contributed by atoms with E-state index in [4.69, 9.17) is 9.47 Å². The van der Waals surface area contributed by atoms with Crippen molar-refractivity contribution in [1.29, 1.82) is 0 Å². The van der Waals surface area contributed by atoms with Crippen LogP contribution < -0.4 is 10.3 Å². The molecule has 0 saturated heterocycles. The highest BCUT2D eigenvalue weighted by Crippen LogP contribution is 2.19. The lowest BCUT2D eigenvalue weighted by atomic mass is 10.1. The number of pyridine rings is 1. The molecule has 0 aliphatic heterocycles. The van der Waals surface area contributed by atoms with Crippen LogP contribution in [0.5, 0.6) is 5.75 Å². The number of esters is 1. The molecule has 0 aliphatic rings. The van der Waals surface area contributed by atoms with Gasteiger partial charge in [0.15, 0.2) is 5.75 Å². The van der Waals surface area contributed by atoms with Crippen LogP contribution in [0.4, 0.5) is 0 Å². The van der Waals surface area contributed by atoms with Gasteiger partial charge in [0.2, 0.25) is 0 Å². The zero-order chi connectivity index (χ0) is 13.9. The molecule has 0 aromatic carbocycles. The maximum absolute atomic E-state index is 12.0. The number of allylic oxidation sites excluding steroid dienone is 1. The molecule has 0 bridgehead atoms. The van der Waals surface area contributed by atoms with Crippen molar-refractivity contribution in [3.63, 3.8) is 0 Å². The van der Waals surface area contributed by atoms with E-state index in [9.17, 15) is 9.59 Å². The van der Waals surface area contributed by atoms with Gasteiger partial charge in [-0.2, -0.15) is 0 Å². The summed E-state index contributed by atoms with van der Waals surface area (Å²) in [6.07, 6.45) is 0. The quantitative estimate of drug-likeness (QED) is 0.763. The Hall–Kier alpha value is -2.04. The molecule has 18 heavy (non-hydrogen) atoms. The monoisotopic (exact) mass is 251 g/mol. The van der Waals surface area contributed by atoms with E-state index < -0.39 is 5.97 Å². The van der Waals surface area contributed by atoms with Gasteiger partial charge in [0.25, 0.3) is 5.56 Å². The molecule has 5 nitrogen and oxygen atoms in total. The molecule has 0 aliphatic carbocycles. The van der Waals surface area contributed by atoms with Crippen molar-refractivity contribution in [3.8, 4) is 5.75 Å². The fraction of sp³-hybridized carbons (Fsp3) is 0.385. The van der Waals surface area contributed by atoms with Crippen molar-refractivity contribution in [3.05, 3.63) is 34.3 Å². The molecule has 5 heteroatoms. The van der Waals surface area contributed by atoms with Crippen molar-refractivity contribution in [1.82, 2.24) is 4.57 Å². The molecule has 0 unspecified atom stereocenters. The van der Waals surface area contributed by atoms with E-state index in [2.05, 4.69) is 6.58 Å². The topological polar surface area (TPSA) is 57.5 Å². The van der Waals surface area contributed by atoms with Gasteiger partial charge >= 0.3 is 5.97 Å². The van der Waals surface area contributed by atoms with E-state index in [1.807, 2.05) is 0 Å². The molecule has 1 heterocycles. The first-order valence-electron chi connectivity index (χ1n) is 5.55. The second-order valence-electron chi connectivity index (χ2n) is 3.84. The normalized spacial score (nSPS) is 10.0. The highest BCUT2D eigenvalue weighted by atomic mass is 16.5. The number of aromatic nitrogens is 1. The summed E-state index contributed by atoms with van der Waals surface area (Å²) in [5, 5.41) is 0. The van der Waals surface area contributed by atoms with E-state index in [-0.39, 0.29) is 23.5 Å². The average molecular weight is 251 g/mol. The molecule has 1 aromatic heterocycles. The molecule has 0 radical (unpaired) electrons. The third-order valence-corrected chi connectivity index (χ3v) is 2.52. The number of nitrogens with zero attached hydrogens (tertiary/aromatic N) is 1. The lowest BCUT2D eigenvalue weighted by Gasteiger charge is -2.13. The van der Waals surface area contributed by atoms with E-state index in [1.54, 1.807) is 27.0 Å². The molecule has 1 aromatic rings. The van der Waals surface area contributed by atoms with Gasteiger partial charge in [-0.25, -0.2) is 4.79 Å². The molecule has 1 rings (SSSR count). The van der Waals surface area contributed by atoms with E-state index in [1.165, 1.54) is 11.7 Å². The molecule has 0 N–H and O–H groups in total. The minimum absolute atomic E-state index is 0.0130. The van der Waals surface area contributed by atoms with E-state index in [0.717, 1.165) is 0 Å². The van der Waals surface area contributed by atoms with Crippen LogP contribution in [0.3, 0.4) is 0 Å². The van der Waals surface area contributed by atoms with Crippen LogP contribution in [-0.4, -0.2) is 24.3 Å². The van der Waals surface area contributed by atoms with Crippen LogP contribution in [0.25, 0.3) is 5.57 Å². The van der Waals surface area contributed by atoms with Crippen LogP contribution in [0, 0.1) is 0 Å². The molecular formula is C13H17NO4. The third-order valence-electron chi connectivity index (χ3n) is 2.52. The van der Waals surface area contributed by atoms with Crippen LogP contribution in [0.2, 0.25) is 0 Å². The third kappa shape index (κ3) is 2.45. The molecule has 0 spiro atoms. The van der Waals surface area contributed by atoms with Crippen molar-refractivity contribution < 1.29 is 14.3 Å². The van der Waals surface area contributed by atoms with Crippen molar-refractivity contribution >= 4 is 11.5 Å². The highest BCUT2D eigenvalue weighted by Gasteiger charge is 2.20. The van der Waals surface area contributed by atoms with Gasteiger partial charge in [0, 0.05) is 12.7 Å². The molecular weight excluding hydrogens is 234 g/mol. The molecule has 0 atom stereocenters. The number of methoxy groups -OCH3 is 1. The van der Waals surface area contributed by atoms with Gasteiger partial charge in [0.1, 0.15) is 5.56 Å². The molecule has 0 saturated carbocycles. The number of hydrogen-bond acceptors (Lipinski definition) is 4. The Kier molecular flexibility index (Phi) is 4.31. The SMILES string of the molecule is C=C(C)c1cc(C(=O)OCC)c(OC)c(=O)n1C. The van der Waals surface area contributed by atoms with Gasteiger partial charge < -0.3 is 14.0 Å². The predicted molar refractivity (Wildman–Crippen MR) is 68.9 cm³/mol. The standard InChI is InChI=1S/C13H17NO4/c1-6-18-13(16)9-7-10(8(2)3)14(4)12(15)11(9)17-5/h7H,2,6H2,1,3-5H3. The maximum atomic E-state index is 12.0. The molecule has 0 amide bonds. The predicted octanol–water partition coefficient (Wildman–Crippen LogP) is 1.60. The second kappa shape index (κ2) is 5.53. The number of rotatable bonds is 4. The summed E-state index contributed by atoms with van der Waals surface area (Å²) in [4.78, 5) is 23.8. The minimum atomic E-state index is -0.574. The summed E-state index contributed by atoms with van der Waals surface area (Å²) in [7, 11) is 2.95. The second-order valence-corrected chi connectivity index (χ2v) is 3.84. The number of ether oxygens (including phenoxy) is 2. The average Bonchev–Trinajstić information content (AvgIpc) is 2.32. The summed E-state index contributed by atoms with van der Waals surface area (Å²) in [5.41, 5.74) is 0.994. The van der Waals surface area contributed by atoms with Gasteiger partial charge in [-0.1, -0.05) is 6.58 Å². The first-order chi connectivity index (χ1) is 8.43. The van der Waals surface area contributed by atoms with Gasteiger partial charge in [0.05, 0.1) is 13.7 Å². The van der Waals surface area contributed by atoms with Crippen molar-refractivity contribution in [2.24, 2.45) is 7.05 Å². The van der Waals surface area contributed by atoms with Crippen LogP contribution in [0.1, 0.15) is 29.9 Å². The van der Waals surface area contributed by atoms with Gasteiger partial charge in [-0.3, -0.25) is 4.79 Å². The van der Waals surface area contributed by atoms with E-state index in [0.29, 0.717) is 11.3 Å². The van der Waals surface area contributed by atoms with Crippen LogP contribution >= 0.6 is 0 Å². The lowest BCUT2D eigenvalue weighted by Crippen LogP contribution is -2.24. The minimum Gasteiger partial charge on any atom is -0.490 e. The Morgan fingerprint density at radius 1 is 1.50 bits per heavy atom. The Balaban J connectivity index is 3.54. The highest BCUT2D eigenvalue weighted by molar-refractivity contribution is 5.93. The van der Waals surface area contributed by atoms with Crippen molar-refractivity contribution in [2.75, 3.05) is 13.7 Å². The van der Waals surface area contributed by atoms with E-state index >= 15 is 0 Å². The smallest absolute Gasteiger partial charge is 0.342 e. The fourth-order valence-corrected chi connectivity index (χ4v) is 1.64. The van der Waals surface area contributed by atoms with Gasteiger partial charge in [-0.05, 0) is 25.5 Å². The maximum Gasteiger partial charge on any atom is 0.342 e. The number of carbonyl (C=O) groups is 1. The zero-order valence-corrected chi connectivity index (χ0v) is 11.1. The molecule has 0 fully saturated rings. The first kappa shape index (κ1) is 14.0. The Morgan fingerprint density at radius 2 is 2.11 bits per heavy atom. The first-order valence-corrected chi connectivity index (χ1v) is 5.55. The van der Waals surface area contributed by atoms with Crippen LogP contribution in [-0.2, 0) is 11.8 Å². The molecule has 98 valence electrons. The Labute approximate surface area is 106 Å². The summed E-state index contributed by atoms with van der Waals surface area (Å²) in [6.45, 7) is 7.47. The number of carbonyl (C=O) groups excluding carboxylic acids is 1. The largest absolute Gasteiger partial charge is 0.490 e. The summed E-state index contributed by atoms with van der Waals surface area (Å²) < 4.78 is 11.3. The van der Waals surface area contributed by atoms with Crippen molar-refractivity contribution in [2.45, 2.75) is 13.8 Å². The van der Waals surface area contributed by atoms with Gasteiger partial charge in [-0.15, -0.1) is 0 Å². The zero-order valence-electron chi connectivity index (χ0n) is 11.1. The summed E-state index contributed by atoms with van der Waals surface area (Å²) >= 11 is 0. The summed E-state index contributed by atoms with van der Waals surface area (Å²) in [6, 6.07) is 1.56.